The van der Waals surface area contributed by atoms with Crippen molar-refractivity contribution in [3.05, 3.63) is 74.8 Å². The molecule has 3 atom stereocenters. The number of benzene rings is 2. The molecule has 1 N–H and O–H groups in total. The predicted octanol–water partition coefficient (Wildman–Crippen LogP) is 6.20. The lowest BCUT2D eigenvalue weighted by atomic mass is 9.75. The summed E-state index contributed by atoms with van der Waals surface area (Å²) in [6, 6.07) is 11.7. The van der Waals surface area contributed by atoms with Crippen molar-refractivity contribution in [2.45, 2.75) is 39.2 Å². The largest absolute Gasteiger partial charge is 0.378 e. The molecule has 1 aliphatic heterocycles. The normalized spacial score (nSPS) is 25.0. The Balaban J connectivity index is 1.84. The maximum absolute atomic E-state index is 3.85. The summed E-state index contributed by atoms with van der Waals surface area (Å²) in [5.74, 6) is 1.13. The molecule has 4 rings (SSSR count). The molecule has 118 valence electrons. The first-order valence-electron chi connectivity index (χ1n) is 8.35. The number of fused-ring (bicyclic) bond motifs is 3. The van der Waals surface area contributed by atoms with Gasteiger partial charge in [-0.1, -0.05) is 45.8 Å². The number of hydrogen-bond donors (Lipinski definition) is 1. The summed E-state index contributed by atoms with van der Waals surface area (Å²) in [7, 11) is 0. The first-order chi connectivity index (χ1) is 11.0. The first kappa shape index (κ1) is 15.0. The van der Waals surface area contributed by atoms with E-state index in [1.54, 1.807) is 0 Å². The molecular weight excluding hydrogens is 346 g/mol. The lowest BCUT2D eigenvalue weighted by Gasteiger charge is -2.39. The maximum Gasteiger partial charge on any atom is 0.0559 e. The molecule has 23 heavy (non-hydrogen) atoms. The fourth-order valence-electron chi connectivity index (χ4n) is 4.53. The van der Waals surface area contributed by atoms with E-state index in [2.05, 4.69) is 84.5 Å². The third kappa shape index (κ3) is 2.44. The Labute approximate surface area is 146 Å². The molecule has 0 saturated carbocycles. The molecule has 0 spiro atoms. The van der Waals surface area contributed by atoms with Crippen molar-refractivity contribution in [2.75, 3.05) is 5.32 Å². The van der Waals surface area contributed by atoms with E-state index < -0.39 is 0 Å². The van der Waals surface area contributed by atoms with Crippen LogP contribution in [0.5, 0.6) is 0 Å². The molecule has 1 nitrogen and oxygen atoms in total. The summed E-state index contributed by atoms with van der Waals surface area (Å²) >= 11 is 3.63. The zero-order chi connectivity index (χ0) is 16.1. The van der Waals surface area contributed by atoms with Crippen LogP contribution in [-0.4, -0.2) is 0 Å². The van der Waals surface area contributed by atoms with Crippen molar-refractivity contribution < 1.29 is 0 Å². The topological polar surface area (TPSA) is 12.0 Å². The highest BCUT2D eigenvalue weighted by molar-refractivity contribution is 9.10. The molecule has 3 unspecified atom stereocenters. The fraction of sp³-hybridized carbons (Fsp3) is 0.333. The van der Waals surface area contributed by atoms with Gasteiger partial charge in [-0.3, -0.25) is 0 Å². The van der Waals surface area contributed by atoms with Crippen LogP contribution in [0.1, 0.15) is 46.2 Å². The molecule has 0 radical (unpaired) electrons. The van der Waals surface area contributed by atoms with Crippen LogP contribution in [0.15, 0.2) is 47.0 Å². The van der Waals surface area contributed by atoms with Gasteiger partial charge in [0.25, 0.3) is 0 Å². The monoisotopic (exact) mass is 367 g/mol. The molecule has 2 aliphatic rings. The van der Waals surface area contributed by atoms with Gasteiger partial charge in [0.2, 0.25) is 0 Å². The zero-order valence-corrected chi connectivity index (χ0v) is 15.4. The average molecular weight is 368 g/mol. The third-order valence-corrected chi connectivity index (χ3v) is 5.87. The van der Waals surface area contributed by atoms with Gasteiger partial charge in [-0.2, -0.15) is 0 Å². The minimum Gasteiger partial charge on any atom is -0.378 e. The number of anilines is 1. The van der Waals surface area contributed by atoms with E-state index in [0.717, 1.165) is 6.42 Å². The molecule has 0 bridgehead atoms. The standard InChI is InChI=1S/C21H22BrN/c1-12-9-13(2)20(14(3)10-12)21-17-6-4-5-16(17)18-11-15(22)7-8-19(18)23-21/h4-5,7-11,16-17,21,23H,6H2,1-3H3. The minimum atomic E-state index is 0.393. The Hall–Kier alpha value is -1.54. The highest BCUT2D eigenvalue weighted by Gasteiger charge is 2.38. The molecule has 0 amide bonds. The summed E-state index contributed by atoms with van der Waals surface area (Å²) in [5, 5.41) is 3.85. The van der Waals surface area contributed by atoms with Crippen LogP contribution in [0.3, 0.4) is 0 Å². The van der Waals surface area contributed by atoms with Gasteiger partial charge in [-0.25, -0.2) is 0 Å². The Morgan fingerprint density at radius 1 is 1.04 bits per heavy atom. The molecule has 0 fully saturated rings. The molecular formula is C21H22BrN. The maximum atomic E-state index is 3.85. The van der Waals surface area contributed by atoms with E-state index in [9.17, 15) is 0 Å². The van der Waals surface area contributed by atoms with Gasteiger partial charge < -0.3 is 5.32 Å². The Bertz CT molecular complexity index is 782. The number of allylic oxidation sites excluding steroid dienone is 2. The summed E-state index contributed by atoms with van der Waals surface area (Å²) in [5.41, 5.74) is 8.37. The van der Waals surface area contributed by atoms with E-state index >= 15 is 0 Å². The van der Waals surface area contributed by atoms with E-state index in [1.807, 2.05) is 0 Å². The summed E-state index contributed by atoms with van der Waals surface area (Å²) < 4.78 is 1.17. The van der Waals surface area contributed by atoms with E-state index in [-0.39, 0.29) is 0 Å². The summed E-state index contributed by atoms with van der Waals surface area (Å²) in [6.45, 7) is 6.70. The van der Waals surface area contributed by atoms with Crippen LogP contribution in [0, 0.1) is 26.7 Å². The smallest absolute Gasteiger partial charge is 0.0559 e. The molecule has 2 aromatic rings. The first-order valence-corrected chi connectivity index (χ1v) is 9.14. The number of nitrogens with one attached hydrogen (secondary N) is 1. The molecule has 1 aliphatic carbocycles. The van der Waals surface area contributed by atoms with Crippen molar-refractivity contribution >= 4 is 21.6 Å². The van der Waals surface area contributed by atoms with Gasteiger partial charge >= 0.3 is 0 Å². The number of hydrogen-bond acceptors (Lipinski definition) is 1. The molecule has 0 aromatic heterocycles. The highest BCUT2D eigenvalue weighted by Crippen LogP contribution is 2.51. The molecule has 2 aromatic carbocycles. The molecule has 1 heterocycles. The predicted molar refractivity (Wildman–Crippen MR) is 101 cm³/mol. The van der Waals surface area contributed by atoms with Crippen molar-refractivity contribution in [3.8, 4) is 0 Å². The van der Waals surface area contributed by atoms with Crippen LogP contribution >= 0.6 is 15.9 Å². The second kappa shape index (κ2) is 5.52. The summed E-state index contributed by atoms with van der Waals surface area (Å²) in [6.07, 6.45) is 5.92. The van der Waals surface area contributed by atoms with E-state index in [4.69, 9.17) is 0 Å². The highest BCUT2D eigenvalue weighted by atomic mass is 79.9. The Morgan fingerprint density at radius 2 is 1.78 bits per heavy atom. The van der Waals surface area contributed by atoms with E-state index in [1.165, 1.54) is 38.0 Å². The van der Waals surface area contributed by atoms with Crippen LogP contribution in [0.25, 0.3) is 0 Å². The number of halogens is 1. The second-order valence-electron chi connectivity index (χ2n) is 7.02. The Kier molecular flexibility index (Phi) is 3.60. The quantitative estimate of drug-likeness (QED) is 0.591. The SMILES string of the molecule is Cc1cc(C)c(C2Nc3ccc(Br)cc3C3C=CCC32)c(C)c1. The van der Waals surface area contributed by atoms with Crippen LogP contribution in [0.4, 0.5) is 5.69 Å². The lowest BCUT2D eigenvalue weighted by Crippen LogP contribution is -2.30. The number of rotatable bonds is 1. The van der Waals surface area contributed by atoms with Gasteiger partial charge in [0.05, 0.1) is 6.04 Å². The lowest BCUT2D eigenvalue weighted by molar-refractivity contribution is 0.423. The Morgan fingerprint density at radius 3 is 2.52 bits per heavy atom. The van der Waals surface area contributed by atoms with Crippen LogP contribution in [0.2, 0.25) is 0 Å². The zero-order valence-electron chi connectivity index (χ0n) is 13.9. The third-order valence-electron chi connectivity index (χ3n) is 5.37. The van der Waals surface area contributed by atoms with Gasteiger partial charge in [0, 0.05) is 16.1 Å². The van der Waals surface area contributed by atoms with E-state index in [0.29, 0.717) is 17.9 Å². The molecule has 0 saturated heterocycles. The van der Waals surface area contributed by atoms with Crippen molar-refractivity contribution in [2.24, 2.45) is 5.92 Å². The van der Waals surface area contributed by atoms with Crippen molar-refractivity contribution in [1.29, 1.82) is 0 Å². The summed E-state index contributed by atoms with van der Waals surface area (Å²) in [4.78, 5) is 0. The minimum absolute atomic E-state index is 0.393. The van der Waals surface area contributed by atoms with Gasteiger partial charge in [0.15, 0.2) is 0 Å². The van der Waals surface area contributed by atoms with Crippen LogP contribution < -0.4 is 5.32 Å². The van der Waals surface area contributed by atoms with Crippen molar-refractivity contribution in [1.82, 2.24) is 0 Å². The van der Waals surface area contributed by atoms with Gasteiger partial charge in [-0.05, 0) is 73.6 Å². The molecule has 2 heteroatoms. The van der Waals surface area contributed by atoms with Gasteiger partial charge in [-0.15, -0.1) is 0 Å². The second-order valence-corrected chi connectivity index (χ2v) is 7.94. The number of aryl methyl sites for hydroxylation is 3. The van der Waals surface area contributed by atoms with Gasteiger partial charge in [0.1, 0.15) is 0 Å². The fourth-order valence-corrected chi connectivity index (χ4v) is 4.91. The van der Waals surface area contributed by atoms with Crippen LogP contribution in [-0.2, 0) is 0 Å². The average Bonchev–Trinajstić information content (AvgIpc) is 2.96. The van der Waals surface area contributed by atoms with Crippen molar-refractivity contribution in [3.63, 3.8) is 0 Å².